The number of nitrogens with zero attached hydrogens (tertiary/aromatic N) is 1. The molecule has 2 aromatic heterocycles. The van der Waals surface area contributed by atoms with E-state index in [1.807, 2.05) is 17.5 Å². The third-order valence-corrected chi connectivity index (χ3v) is 7.31. The van der Waals surface area contributed by atoms with Crippen LogP contribution in [-0.2, 0) is 4.79 Å². The summed E-state index contributed by atoms with van der Waals surface area (Å²) in [5.41, 5.74) is 4.04. The Labute approximate surface area is 205 Å². The van der Waals surface area contributed by atoms with E-state index < -0.39 is 5.25 Å². The van der Waals surface area contributed by atoms with E-state index in [0.29, 0.717) is 32.5 Å². The fourth-order valence-electron chi connectivity index (χ4n) is 3.62. The Bertz CT molecular complexity index is 1400. The molecule has 1 amide bonds. The molecule has 4 rings (SSSR count). The largest absolute Gasteiger partial charge is 0.326 e. The highest BCUT2D eigenvalue weighted by molar-refractivity contribution is 8.00. The third-order valence-electron chi connectivity index (χ3n) is 5.46. The maximum Gasteiger partial charge on any atom is 0.260 e. The lowest BCUT2D eigenvalue weighted by atomic mass is 9.99. The van der Waals surface area contributed by atoms with Gasteiger partial charge in [-0.3, -0.25) is 14.4 Å². The minimum absolute atomic E-state index is 0.0840. The summed E-state index contributed by atoms with van der Waals surface area (Å²) in [5, 5.41) is 5.17. The van der Waals surface area contributed by atoms with Gasteiger partial charge in [0.25, 0.3) is 5.56 Å². The Kier molecular flexibility index (Phi) is 7.00. The van der Waals surface area contributed by atoms with Gasteiger partial charge >= 0.3 is 0 Å². The molecule has 2 heterocycles. The lowest BCUT2D eigenvalue weighted by Gasteiger charge is -2.10. The van der Waals surface area contributed by atoms with Crippen molar-refractivity contribution in [1.29, 1.82) is 0 Å². The van der Waals surface area contributed by atoms with Crippen LogP contribution in [0.3, 0.4) is 0 Å². The van der Waals surface area contributed by atoms with E-state index in [1.165, 1.54) is 35.6 Å². The number of rotatable bonds is 7. The molecular weight excluding hydrogens is 466 g/mol. The number of hydrogen-bond donors (Lipinski definition) is 2. The van der Waals surface area contributed by atoms with Crippen LogP contribution in [0.5, 0.6) is 0 Å². The Balaban J connectivity index is 1.54. The van der Waals surface area contributed by atoms with Gasteiger partial charge in [-0.15, -0.1) is 11.3 Å². The number of anilines is 1. The molecule has 2 N–H and O–H groups in total. The minimum Gasteiger partial charge on any atom is -0.326 e. The number of H-pyrrole nitrogens is 1. The molecule has 6 nitrogen and oxygen atoms in total. The first kappa shape index (κ1) is 23.9. The number of nitrogens with one attached hydrogen (secondary N) is 2. The zero-order valence-corrected chi connectivity index (χ0v) is 21.0. The molecule has 0 bridgehead atoms. The van der Waals surface area contributed by atoms with Gasteiger partial charge < -0.3 is 10.3 Å². The maximum absolute atomic E-state index is 13.0. The topological polar surface area (TPSA) is 91.9 Å². The maximum atomic E-state index is 13.0. The molecule has 0 fully saturated rings. The first-order chi connectivity index (χ1) is 16.2. The van der Waals surface area contributed by atoms with Gasteiger partial charge in [0.1, 0.15) is 4.83 Å². The van der Waals surface area contributed by atoms with Crippen LogP contribution >= 0.6 is 23.1 Å². The fourth-order valence-corrected chi connectivity index (χ4v) is 5.50. The van der Waals surface area contributed by atoms with Gasteiger partial charge in [0.2, 0.25) is 5.91 Å². The van der Waals surface area contributed by atoms with Crippen LogP contribution < -0.4 is 10.9 Å². The van der Waals surface area contributed by atoms with Crippen LogP contribution in [0.1, 0.15) is 49.5 Å². The predicted octanol–water partition coefficient (Wildman–Crippen LogP) is 6.10. The molecule has 4 aromatic rings. The van der Waals surface area contributed by atoms with Crippen LogP contribution in [0.15, 0.2) is 63.9 Å². The number of thioether (sulfide) groups is 1. The molecule has 1 unspecified atom stereocenters. The number of Topliss-reactive ketones (excluding diaryl/α,β-unsaturated/α-hetero) is 1. The van der Waals surface area contributed by atoms with E-state index >= 15 is 0 Å². The van der Waals surface area contributed by atoms with Crippen LogP contribution in [0.4, 0.5) is 5.69 Å². The summed E-state index contributed by atoms with van der Waals surface area (Å²) in [7, 11) is 0. The van der Waals surface area contributed by atoms with Gasteiger partial charge in [-0.2, -0.15) is 0 Å². The van der Waals surface area contributed by atoms with Crippen molar-refractivity contribution >= 4 is 50.7 Å². The van der Waals surface area contributed by atoms with E-state index in [1.54, 1.807) is 31.2 Å². The molecule has 0 spiro atoms. The summed E-state index contributed by atoms with van der Waals surface area (Å²) in [6.45, 7) is 7.52. The first-order valence-corrected chi connectivity index (χ1v) is 12.7. The second-order valence-corrected chi connectivity index (χ2v) is 10.5. The van der Waals surface area contributed by atoms with Gasteiger partial charge in [0.15, 0.2) is 10.9 Å². The Morgan fingerprint density at radius 2 is 1.71 bits per heavy atom. The number of aromatic nitrogens is 2. The van der Waals surface area contributed by atoms with Crippen molar-refractivity contribution in [3.63, 3.8) is 0 Å². The van der Waals surface area contributed by atoms with Crippen molar-refractivity contribution < 1.29 is 9.59 Å². The Morgan fingerprint density at radius 1 is 1.03 bits per heavy atom. The molecular formula is C26H25N3O3S2. The van der Waals surface area contributed by atoms with E-state index in [-0.39, 0.29) is 17.2 Å². The molecule has 0 aliphatic heterocycles. The quantitative estimate of drug-likeness (QED) is 0.185. The van der Waals surface area contributed by atoms with Gasteiger partial charge in [-0.1, -0.05) is 49.9 Å². The van der Waals surface area contributed by atoms with Crippen molar-refractivity contribution in [3.05, 3.63) is 75.4 Å². The van der Waals surface area contributed by atoms with Crippen molar-refractivity contribution in [3.8, 4) is 11.1 Å². The van der Waals surface area contributed by atoms with Crippen molar-refractivity contribution in [2.45, 2.75) is 44.0 Å². The zero-order chi connectivity index (χ0) is 24.4. The summed E-state index contributed by atoms with van der Waals surface area (Å²) < 4.78 is 0. The standard InChI is InChI=1S/C26H25N3O3S2/c1-14(2)17-5-7-18(8-6-17)21-13-33-25-22(21)24(32)28-26(29-25)34-15(3)23(31)19-9-11-20(12-10-19)27-16(4)30/h5-15H,1-4H3,(H,27,30)(H,28,29,32). The van der Waals surface area contributed by atoms with Gasteiger partial charge in [0.05, 0.1) is 10.6 Å². The smallest absolute Gasteiger partial charge is 0.260 e. The average molecular weight is 492 g/mol. The molecule has 0 aliphatic rings. The molecule has 0 saturated heterocycles. The highest BCUT2D eigenvalue weighted by Crippen LogP contribution is 2.33. The summed E-state index contributed by atoms with van der Waals surface area (Å²) in [4.78, 5) is 45.1. The molecule has 2 aromatic carbocycles. The number of aromatic amines is 1. The molecule has 174 valence electrons. The highest BCUT2D eigenvalue weighted by atomic mass is 32.2. The van der Waals surface area contributed by atoms with E-state index in [0.717, 1.165) is 11.1 Å². The lowest BCUT2D eigenvalue weighted by molar-refractivity contribution is -0.114. The van der Waals surface area contributed by atoms with Crippen LogP contribution in [0.25, 0.3) is 21.3 Å². The second-order valence-electron chi connectivity index (χ2n) is 8.36. The molecule has 0 saturated carbocycles. The van der Waals surface area contributed by atoms with Crippen molar-refractivity contribution in [1.82, 2.24) is 9.97 Å². The lowest BCUT2D eigenvalue weighted by Crippen LogP contribution is -2.16. The molecule has 0 aliphatic carbocycles. The first-order valence-electron chi connectivity index (χ1n) is 10.9. The summed E-state index contributed by atoms with van der Waals surface area (Å²) in [6.07, 6.45) is 0. The molecule has 34 heavy (non-hydrogen) atoms. The zero-order valence-electron chi connectivity index (χ0n) is 19.3. The number of amides is 1. The molecule has 8 heteroatoms. The highest BCUT2D eigenvalue weighted by Gasteiger charge is 2.20. The van der Waals surface area contributed by atoms with E-state index in [2.05, 4.69) is 41.3 Å². The van der Waals surface area contributed by atoms with Gasteiger partial charge in [-0.25, -0.2) is 4.98 Å². The number of hydrogen-bond acceptors (Lipinski definition) is 6. The Hall–Kier alpha value is -3.23. The summed E-state index contributed by atoms with van der Waals surface area (Å²) >= 11 is 2.64. The number of carbonyl (C=O) groups is 2. The van der Waals surface area contributed by atoms with Crippen molar-refractivity contribution in [2.75, 3.05) is 5.32 Å². The summed E-state index contributed by atoms with van der Waals surface area (Å²) in [5.74, 6) is 0.190. The monoisotopic (exact) mass is 491 g/mol. The van der Waals surface area contributed by atoms with Crippen LogP contribution in [0.2, 0.25) is 0 Å². The normalized spacial score (nSPS) is 12.1. The summed E-state index contributed by atoms with van der Waals surface area (Å²) in [6, 6.07) is 15.0. The van der Waals surface area contributed by atoms with Crippen molar-refractivity contribution in [2.24, 2.45) is 0 Å². The predicted molar refractivity (Wildman–Crippen MR) is 140 cm³/mol. The average Bonchev–Trinajstić information content (AvgIpc) is 3.23. The second kappa shape index (κ2) is 9.95. The van der Waals surface area contributed by atoms with E-state index in [9.17, 15) is 14.4 Å². The number of fused-ring (bicyclic) bond motifs is 1. The van der Waals surface area contributed by atoms with Crippen LogP contribution in [-0.4, -0.2) is 26.9 Å². The van der Waals surface area contributed by atoms with Gasteiger partial charge in [-0.05, 0) is 48.2 Å². The number of benzene rings is 2. The fraction of sp³-hybridized carbons (Fsp3) is 0.231. The molecule has 0 radical (unpaired) electrons. The van der Waals surface area contributed by atoms with Gasteiger partial charge in [0, 0.05) is 29.1 Å². The van der Waals surface area contributed by atoms with E-state index in [4.69, 9.17) is 0 Å². The number of thiophene rings is 1. The minimum atomic E-state index is -0.449. The number of carbonyl (C=O) groups excluding carboxylic acids is 2. The number of ketones is 1. The SMILES string of the molecule is CC(=O)Nc1ccc(C(=O)C(C)Sc2nc3scc(-c4ccc(C(C)C)cc4)c3c(=O)[nH]2)cc1. The molecule has 1 atom stereocenters. The van der Waals surface area contributed by atoms with Crippen LogP contribution in [0, 0.1) is 0 Å². The Morgan fingerprint density at radius 3 is 2.32 bits per heavy atom. The third kappa shape index (κ3) is 5.13.